The third-order valence-corrected chi connectivity index (χ3v) is 1.05. The molecule has 1 nitrogen and oxygen atoms in total. The second kappa shape index (κ2) is 4.78. The fourth-order valence-electron chi connectivity index (χ4n) is 0.393. The molecule has 0 spiro atoms. The van der Waals surface area contributed by atoms with Crippen molar-refractivity contribution in [3.63, 3.8) is 0 Å². The SMILES string of the molecule is CCC(N)CC=CF. The highest BCUT2D eigenvalue weighted by Gasteiger charge is 1.92. The van der Waals surface area contributed by atoms with E-state index in [2.05, 4.69) is 0 Å². The van der Waals surface area contributed by atoms with Crippen LogP contribution in [0.1, 0.15) is 19.8 Å². The molecule has 0 aliphatic carbocycles. The van der Waals surface area contributed by atoms with Crippen molar-refractivity contribution in [2.24, 2.45) is 5.73 Å². The summed E-state index contributed by atoms with van der Waals surface area (Å²) in [4.78, 5) is 0. The maximum atomic E-state index is 11.3. The lowest BCUT2D eigenvalue weighted by Gasteiger charge is -2.01. The molecule has 0 saturated carbocycles. The molecule has 1 unspecified atom stereocenters. The fraction of sp³-hybridized carbons (Fsp3) is 0.667. The van der Waals surface area contributed by atoms with Gasteiger partial charge in [0.25, 0.3) is 0 Å². The molecule has 1 atom stereocenters. The average molecular weight is 117 g/mol. The van der Waals surface area contributed by atoms with Gasteiger partial charge < -0.3 is 5.73 Å². The smallest absolute Gasteiger partial charge is 0.0827 e. The van der Waals surface area contributed by atoms with Crippen molar-refractivity contribution in [3.8, 4) is 0 Å². The van der Waals surface area contributed by atoms with Gasteiger partial charge >= 0.3 is 0 Å². The number of nitrogens with two attached hydrogens (primary N) is 1. The molecular weight excluding hydrogens is 105 g/mol. The van der Waals surface area contributed by atoms with Crippen LogP contribution in [-0.2, 0) is 0 Å². The van der Waals surface area contributed by atoms with E-state index in [9.17, 15) is 4.39 Å². The standard InChI is InChI=1S/C6H12FN/c1-2-6(8)4-3-5-7/h3,5-6H,2,4,8H2,1H3. The van der Waals surface area contributed by atoms with Gasteiger partial charge in [-0.3, -0.25) is 0 Å². The van der Waals surface area contributed by atoms with Crippen molar-refractivity contribution >= 4 is 0 Å². The maximum absolute atomic E-state index is 11.3. The van der Waals surface area contributed by atoms with E-state index >= 15 is 0 Å². The van der Waals surface area contributed by atoms with Gasteiger partial charge in [0.15, 0.2) is 0 Å². The number of rotatable bonds is 3. The largest absolute Gasteiger partial charge is 0.327 e. The molecule has 0 amide bonds. The first kappa shape index (κ1) is 7.63. The van der Waals surface area contributed by atoms with Crippen molar-refractivity contribution in [2.75, 3.05) is 0 Å². The summed E-state index contributed by atoms with van der Waals surface area (Å²) in [5.74, 6) is 0. The molecule has 0 fully saturated rings. The van der Waals surface area contributed by atoms with Gasteiger partial charge in [0.05, 0.1) is 6.33 Å². The minimum atomic E-state index is 0.127. The van der Waals surface area contributed by atoms with E-state index in [-0.39, 0.29) is 6.04 Å². The van der Waals surface area contributed by atoms with E-state index < -0.39 is 0 Å². The van der Waals surface area contributed by atoms with E-state index in [1.165, 1.54) is 6.08 Å². The second-order valence-electron chi connectivity index (χ2n) is 1.77. The third kappa shape index (κ3) is 3.81. The molecular formula is C6H12FN. The zero-order valence-corrected chi connectivity index (χ0v) is 5.10. The van der Waals surface area contributed by atoms with E-state index in [0.29, 0.717) is 12.8 Å². The van der Waals surface area contributed by atoms with Crippen LogP contribution in [0.15, 0.2) is 12.4 Å². The van der Waals surface area contributed by atoms with Crippen LogP contribution in [0.4, 0.5) is 4.39 Å². The minimum Gasteiger partial charge on any atom is -0.327 e. The normalized spacial score (nSPS) is 14.9. The summed E-state index contributed by atoms with van der Waals surface area (Å²) >= 11 is 0. The van der Waals surface area contributed by atoms with Gasteiger partial charge in [-0.05, 0) is 12.8 Å². The molecule has 2 N–H and O–H groups in total. The molecule has 8 heavy (non-hydrogen) atoms. The summed E-state index contributed by atoms with van der Waals surface area (Å²) in [5, 5.41) is 0. The molecule has 2 heteroatoms. The van der Waals surface area contributed by atoms with Crippen LogP contribution in [0.5, 0.6) is 0 Å². The van der Waals surface area contributed by atoms with Gasteiger partial charge in [0.2, 0.25) is 0 Å². The predicted molar refractivity (Wildman–Crippen MR) is 33.1 cm³/mol. The number of halogens is 1. The highest BCUT2D eigenvalue weighted by atomic mass is 19.1. The monoisotopic (exact) mass is 117 g/mol. The first-order valence-corrected chi connectivity index (χ1v) is 2.82. The lowest BCUT2D eigenvalue weighted by atomic mass is 10.2. The van der Waals surface area contributed by atoms with Crippen LogP contribution in [0.3, 0.4) is 0 Å². The lowest BCUT2D eigenvalue weighted by molar-refractivity contribution is 0.644. The Morgan fingerprint density at radius 2 is 2.38 bits per heavy atom. The molecule has 0 aliphatic heterocycles. The quantitative estimate of drug-likeness (QED) is 0.597. The molecule has 0 aromatic carbocycles. The Labute approximate surface area is 49.4 Å². The molecule has 0 aromatic rings. The van der Waals surface area contributed by atoms with E-state index in [4.69, 9.17) is 5.73 Å². The lowest BCUT2D eigenvalue weighted by Crippen LogP contribution is -2.16. The molecule has 48 valence electrons. The molecule has 0 heterocycles. The summed E-state index contributed by atoms with van der Waals surface area (Å²) in [6, 6.07) is 0.127. The van der Waals surface area contributed by atoms with Gasteiger partial charge in [-0.15, -0.1) is 0 Å². The Hall–Kier alpha value is -0.370. The van der Waals surface area contributed by atoms with Crippen molar-refractivity contribution in [1.82, 2.24) is 0 Å². The van der Waals surface area contributed by atoms with Crippen LogP contribution in [0.2, 0.25) is 0 Å². The number of hydrogen-bond acceptors (Lipinski definition) is 1. The van der Waals surface area contributed by atoms with Crippen molar-refractivity contribution in [3.05, 3.63) is 12.4 Å². The summed E-state index contributed by atoms with van der Waals surface area (Å²) < 4.78 is 11.3. The minimum absolute atomic E-state index is 0.127. The molecule has 0 aliphatic rings. The third-order valence-electron chi connectivity index (χ3n) is 1.05. The molecule has 0 rings (SSSR count). The summed E-state index contributed by atoms with van der Waals surface area (Å²) in [5.41, 5.74) is 5.44. The van der Waals surface area contributed by atoms with Gasteiger partial charge in [-0.2, -0.15) is 0 Å². The van der Waals surface area contributed by atoms with Crippen molar-refractivity contribution < 1.29 is 4.39 Å². The summed E-state index contributed by atoms with van der Waals surface area (Å²) in [6.45, 7) is 1.98. The van der Waals surface area contributed by atoms with Crippen molar-refractivity contribution in [1.29, 1.82) is 0 Å². The van der Waals surface area contributed by atoms with Crippen LogP contribution >= 0.6 is 0 Å². The van der Waals surface area contributed by atoms with E-state index in [0.717, 1.165) is 6.42 Å². The topological polar surface area (TPSA) is 26.0 Å². The Bertz CT molecular complexity index is 70.9. The van der Waals surface area contributed by atoms with Gasteiger partial charge in [0, 0.05) is 6.04 Å². The van der Waals surface area contributed by atoms with Crippen molar-refractivity contribution in [2.45, 2.75) is 25.8 Å². The second-order valence-corrected chi connectivity index (χ2v) is 1.77. The first-order valence-electron chi connectivity index (χ1n) is 2.82. The molecule has 0 radical (unpaired) electrons. The highest BCUT2D eigenvalue weighted by Crippen LogP contribution is 1.93. The first-order chi connectivity index (χ1) is 3.81. The average Bonchev–Trinajstić information content (AvgIpc) is 1.83. The Morgan fingerprint density at radius 3 is 2.75 bits per heavy atom. The molecule has 0 aromatic heterocycles. The molecule has 0 saturated heterocycles. The van der Waals surface area contributed by atoms with E-state index in [1.807, 2.05) is 6.92 Å². The van der Waals surface area contributed by atoms with Crippen LogP contribution in [0, 0.1) is 0 Å². The maximum Gasteiger partial charge on any atom is 0.0827 e. The number of hydrogen-bond donors (Lipinski definition) is 1. The highest BCUT2D eigenvalue weighted by molar-refractivity contribution is 4.77. The van der Waals surface area contributed by atoms with Crippen LogP contribution in [0.25, 0.3) is 0 Å². The predicted octanol–water partition coefficient (Wildman–Crippen LogP) is 1.60. The summed E-state index contributed by atoms with van der Waals surface area (Å²) in [6.07, 6.45) is 3.53. The summed E-state index contributed by atoms with van der Waals surface area (Å²) in [7, 11) is 0. The Kier molecular flexibility index (Phi) is 4.56. The van der Waals surface area contributed by atoms with Gasteiger partial charge in [0.1, 0.15) is 0 Å². The zero-order chi connectivity index (χ0) is 6.41. The van der Waals surface area contributed by atoms with Gasteiger partial charge in [-0.25, -0.2) is 4.39 Å². The molecule has 0 bridgehead atoms. The Balaban J connectivity index is 3.10. The van der Waals surface area contributed by atoms with Crippen LogP contribution in [-0.4, -0.2) is 6.04 Å². The van der Waals surface area contributed by atoms with Crippen LogP contribution < -0.4 is 5.73 Å². The Morgan fingerprint density at radius 1 is 1.75 bits per heavy atom. The van der Waals surface area contributed by atoms with Gasteiger partial charge in [-0.1, -0.05) is 13.0 Å². The zero-order valence-electron chi connectivity index (χ0n) is 5.10. The fourth-order valence-corrected chi connectivity index (χ4v) is 0.393. The van der Waals surface area contributed by atoms with E-state index in [1.54, 1.807) is 0 Å².